The highest BCUT2D eigenvalue weighted by molar-refractivity contribution is 7.10. The molecule has 1 atom stereocenters. The van der Waals surface area contributed by atoms with Gasteiger partial charge in [-0.15, -0.1) is 16.4 Å². The van der Waals surface area contributed by atoms with Gasteiger partial charge in [0.15, 0.2) is 0 Å². The first-order chi connectivity index (χ1) is 10.2. The summed E-state index contributed by atoms with van der Waals surface area (Å²) in [5.74, 6) is 0.332. The lowest BCUT2D eigenvalue weighted by Gasteiger charge is -2.40. The minimum Gasteiger partial charge on any atom is -0.333 e. The quantitative estimate of drug-likeness (QED) is 0.939. The summed E-state index contributed by atoms with van der Waals surface area (Å²) in [5, 5.41) is 9.19. The van der Waals surface area contributed by atoms with E-state index in [-0.39, 0.29) is 12.1 Å². The Hall–Kier alpha value is -1.47. The maximum atomic E-state index is 12.3. The van der Waals surface area contributed by atoms with Gasteiger partial charge in [0, 0.05) is 11.4 Å². The fraction of sp³-hybridized carbons (Fsp3) is 0.500. The molecule has 2 aromatic heterocycles. The second-order valence-corrected chi connectivity index (χ2v) is 7.23. The molecule has 7 heteroatoms. The number of hydrogen-bond donors (Lipinski definition) is 1. The summed E-state index contributed by atoms with van der Waals surface area (Å²) in [5.41, 5.74) is 0.985. The number of hydrogen-bond acceptors (Lipinski definition) is 5. The average Bonchev–Trinajstić information content (AvgIpc) is 3.05. The van der Waals surface area contributed by atoms with E-state index in [4.69, 9.17) is 0 Å². The van der Waals surface area contributed by atoms with Crippen LogP contribution in [0.5, 0.6) is 0 Å². The van der Waals surface area contributed by atoms with Crippen molar-refractivity contribution in [3.05, 3.63) is 33.0 Å². The molecule has 21 heavy (non-hydrogen) atoms. The zero-order valence-corrected chi connectivity index (χ0v) is 13.7. The molecule has 0 saturated carbocycles. The van der Waals surface area contributed by atoms with Crippen LogP contribution in [0.2, 0.25) is 0 Å². The number of nitrogens with one attached hydrogen (secondary N) is 1. The molecule has 0 spiro atoms. The van der Waals surface area contributed by atoms with Gasteiger partial charge in [0.1, 0.15) is 0 Å². The van der Waals surface area contributed by atoms with E-state index >= 15 is 0 Å². The van der Waals surface area contributed by atoms with Crippen LogP contribution >= 0.6 is 22.9 Å². The third-order valence-electron chi connectivity index (χ3n) is 3.68. The van der Waals surface area contributed by atoms with Crippen LogP contribution in [0.25, 0.3) is 0 Å². The van der Waals surface area contributed by atoms with E-state index in [1.807, 2.05) is 11.0 Å². The van der Waals surface area contributed by atoms with Gasteiger partial charge in [-0.1, -0.05) is 24.4 Å². The SMILES string of the molecule is CC(C)c1nnsc1CNC(=O)N1CC[C@H]1c1cccs1. The second kappa shape index (κ2) is 6.11. The Labute approximate surface area is 132 Å². The maximum absolute atomic E-state index is 12.3. The molecule has 1 N–H and O–H groups in total. The number of thiophene rings is 1. The van der Waals surface area contributed by atoms with E-state index in [1.165, 1.54) is 16.4 Å². The van der Waals surface area contributed by atoms with Gasteiger partial charge in [-0.25, -0.2) is 4.79 Å². The minimum atomic E-state index is 0.00255. The number of rotatable bonds is 4. The maximum Gasteiger partial charge on any atom is 0.318 e. The summed E-state index contributed by atoms with van der Waals surface area (Å²) < 4.78 is 3.98. The number of likely N-dealkylation sites (tertiary alicyclic amines) is 1. The third kappa shape index (κ3) is 2.94. The van der Waals surface area contributed by atoms with Crippen LogP contribution in [0.4, 0.5) is 4.79 Å². The van der Waals surface area contributed by atoms with Crippen LogP contribution in [0.1, 0.15) is 47.7 Å². The van der Waals surface area contributed by atoms with Crippen molar-refractivity contribution in [3.63, 3.8) is 0 Å². The summed E-state index contributed by atoms with van der Waals surface area (Å²) in [6.45, 7) is 5.51. The predicted octanol–water partition coefficient (Wildman–Crippen LogP) is 3.38. The van der Waals surface area contributed by atoms with Crippen LogP contribution in [0, 0.1) is 0 Å². The van der Waals surface area contributed by atoms with E-state index in [0.29, 0.717) is 12.5 Å². The molecule has 5 nitrogen and oxygen atoms in total. The van der Waals surface area contributed by atoms with Gasteiger partial charge in [-0.3, -0.25) is 0 Å². The fourth-order valence-corrected chi connectivity index (χ4v) is 4.05. The van der Waals surface area contributed by atoms with Crippen molar-refractivity contribution in [1.82, 2.24) is 19.8 Å². The van der Waals surface area contributed by atoms with Gasteiger partial charge in [-0.2, -0.15) is 0 Å². The van der Waals surface area contributed by atoms with Gasteiger partial charge >= 0.3 is 6.03 Å². The van der Waals surface area contributed by atoms with Crippen molar-refractivity contribution in [2.45, 2.75) is 38.8 Å². The normalized spacial score (nSPS) is 17.9. The first-order valence-electron chi connectivity index (χ1n) is 7.06. The van der Waals surface area contributed by atoms with E-state index < -0.39 is 0 Å². The number of amides is 2. The zero-order chi connectivity index (χ0) is 14.8. The summed E-state index contributed by atoms with van der Waals surface area (Å²) in [6, 6.07) is 4.38. The highest BCUT2D eigenvalue weighted by atomic mass is 32.1. The van der Waals surface area contributed by atoms with Gasteiger partial charge in [0.25, 0.3) is 0 Å². The van der Waals surface area contributed by atoms with Gasteiger partial charge in [0.05, 0.1) is 23.2 Å². The number of aromatic nitrogens is 2. The monoisotopic (exact) mass is 322 g/mol. The highest BCUT2D eigenvalue weighted by Gasteiger charge is 2.33. The van der Waals surface area contributed by atoms with Crippen molar-refractivity contribution >= 4 is 28.9 Å². The van der Waals surface area contributed by atoms with Crippen LogP contribution in [0.3, 0.4) is 0 Å². The molecule has 1 saturated heterocycles. The lowest BCUT2D eigenvalue weighted by Crippen LogP contribution is -2.49. The molecule has 1 aliphatic heterocycles. The molecular weight excluding hydrogens is 304 g/mol. The van der Waals surface area contributed by atoms with Crippen molar-refractivity contribution < 1.29 is 4.79 Å². The van der Waals surface area contributed by atoms with E-state index in [9.17, 15) is 4.79 Å². The van der Waals surface area contributed by atoms with Crippen molar-refractivity contribution in [3.8, 4) is 0 Å². The molecule has 0 aromatic carbocycles. The smallest absolute Gasteiger partial charge is 0.318 e. The Morgan fingerprint density at radius 2 is 2.43 bits per heavy atom. The number of carbonyl (C=O) groups is 1. The van der Waals surface area contributed by atoms with E-state index in [2.05, 4.69) is 40.2 Å². The number of carbonyl (C=O) groups excluding carboxylic acids is 1. The predicted molar refractivity (Wildman–Crippen MR) is 84.6 cm³/mol. The van der Waals surface area contributed by atoms with E-state index in [1.54, 1.807) is 11.3 Å². The third-order valence-corrected chi connectivity index (χ3v) is 5.40. The molecular formula is C14H18N4OS2. The molecule has 3 heterocycles. The Morgan fingerprint density at radius 1 is 1.57 bits per heavy atom. The standard InChI is InChI=1S/C14H18N4OS2/c1-9(2)13-12(21-17-16-13)8-15-14(19)18-6-5-10(18)11-4-3-7-20-11/h3-4,7,9-10H,5-6,8H2,1-2H3,(H,15,19)/t10-/m0/s1. The Balaban J connectivity index is 1.58. The summed E-state index contributed by atoms with van der Waals surface area (Å²) in [6.07, 6.45) is 1.05. The summed E-state index contributed by atoms with van der Waals surface area (Å²) in [7, 11) is 0. The van der Waals surface area contributed by atoms with Crippen molar-refractivity contribution in [2.24, 2.45) is 0 Å². The first kappa shape index (κ1) is 14.5. The summed E-state index contributed by atoms with van der Waals surface area (Å²) >= 11 is 3.07. The van der Waals surface area contributed by atoms with Crippen LogP contribution in [0.15, 0.2) is 17.5 Å². The molecule has 2 aromatic rings. The summed E-state index contributed by atoms with van der Waals surface area (Å²) in [4.78, 5) is 16.5. The van der Waals surface area contributed by atoms with Crippen molar-refractivity contribution in [1.29, 1.82) is 0 Å². The lowest BCUT2D eigenvalue weighted by atomic mass is 10.0. The number of urea groups is 1. The van der Waals surface area contributed by atoms with Gasteiger partial charge < -0.3 is 10.2 Å². The van der Waals surface area contributed by atoms with E-state index in [0.717, 1.165) is 23.5 Å². The fourth-order valence-electron chi connectivity index (χ4n) is 2.44. The Kier molecular flexibility index (Phi) is 4.21. The van der Waals surface area contributed by atoms with Crippen molar-refractivity contribution in [2.75, 3.05) is 6.54 Å². The first-order valence-corrected chi connectivity index (χ1v) is 8.71. The van der Waals surface area contributed by atoms with Gasteiger partial charge in [0.2, 0.25) is 0 Å². The zero-order valence-electron chi connectivity index (χ0n) is 12.1. The van der Waals surface area contributed by atoms with Crippen LogP contribution < -0.4 is 5.32 Å². The van der Waals surface area contributed by atoms with Gasteiger partial charge in [-0.05, 0) is 35.3 Å². The molecule has 0 aliphatic carbocycles. The van der Waals surface area contributed by atoms with Crippen LogP contribution in [-0.2, 0) is 6.54 Å². The Morgan fingerprint density at radius 3 is 3.05 bits per heavy atom. The minimum absolute atomic E-state index is 0.00255. The second-order valence-electron chi connectivity index (χ2n) is 5.41. The lowest BCUT2D eigenvalue weighted by molar-refractivity contribution is 0.117. The molecule has 0 radical (unpaired) electrons. The molecule has 0 unspecified atom stereocenters. The molecule has 112 valence electrons. The van der Waals surface area contributed by atoms with Crippen LogP contribution in [-0.4, -0.2) is 27.1 Å². The molecule has 1 fully saturated rings. The number of nitrogens with zero attached hydrogens (tertiary/aromatic N) is 3. The topological polar surface area (TPSA) is 58.1 Å². The highest BCUT2D eigenvalue weighted by Crippen LogP contribution is 2.35. The Bertz CT molecular complexity index is 608. The molecule has 3 rings (SSSR count). The average molecular weight is 322 g/mol. The largest absolute Gasteiger partial charge is 0.333 e. The molecule has 2 amide bonds. The molecule has 1 aliphatic rings. The molecule has 0 bridgehead atoms.